The Morgan fingerprint density at radius 2 is 1.86 bits per heavy atom. The van der Waals surface area contributed by atoms with Crippen LogP contribution >= 0.6 is 11.8 Å². The average Bonchev–Trinajstić information content (AvgIpc) is 3.08. The van der Waals surface area contributed by atoms with Gasteiger partial charge in [0, 0.05) is 0 Å². The van der Waals surface area contributed by atoms with Crippen LogP contribution in [0.1, 0.15) is 11.1 Å². The SMILES string of the molecule is COc1ccc(/C=N\N=C2/NC(=O)[C@@H](Cc3cccc4ccccc34)S2)cc1. The van der Waals surface area contributed by atoms with Gasteiger partial charge in [0.2, 0.25) is 5.91 Å². The molecule has 0 spiro atoms. The van der Waals surface area contributed by atoms with E-state index in [9.17, 15) is 4.79 Å². The molecule has 0 aromatic heterocycles. The first-order valence-electron chi connectivity index (χ1n) is 8.92. The first-order chi connectivity index (χ1) is 13.7. The standard InChI is InChI=1S/C22H19N3O2S/c1-27-18-11-9-15(10-12-18)14-23-25-22-24-21(26)20(28-22)13-17-7-4-6-16-5-2-3-8-19(16)17/h2-12,14,20H,13H2,1H3,(H,24,25,26)/b23-14-/t20-/m1/s1. The second kappa shape index (κ2) is 8.27. The molecule has 3 aromatic rings. The van der Waals surface area contributed by atoms with Crippen LogP contribution in [-0.4, -0.2) is 29.6 Å². The van der Waals surface area contributed by atoms with Gasteiger partial charge in [-0.15, -0.1) is 5.10 Å². The topological polar surface area (TPSA) is 63.1 Å². The number of fused-ring (bicyclic) bond motifs is 1. The van der Waals surface area contributed by atoms with E-state index in [2.05, 4.69) is 39.8 Å². The zero-order valence-electron chi connectivity index (χ0n) is 15.3. The third-order valence-electron chi connectivity index (χ3n) is 4.53. The highest BCUT2D eigenvalue weighted by molar-refractivity contribution is 8.15. The summed E-state index contributed by atoms with van der Waals surface area (Å²) >= 11 is 1.42. The molecule has 0 bridgehead atoms. The second-order valence-corrected chi connectivity index (χ2v) is 7.55. The van der Waals surface area contributed by atoms with Crippen LogP contribution < -0.4 is 10.1 Å². The number of nitrogens with zero attached hydrogens (tertiary/aromatic N) is 2. The Hall–Kier alpha value is -3.12. The summed E-state index contributed by atoms with van der Waals surface area (Å²) in [4.78, 5) is 12.4. The quantitative estimate of drug-likeness (QED) is 0.530. The van der Waals surface area contributed by atoms with Crippen LogP contribution in [0.2, 0.25) is 0 Å². The monoisotopic (exact) mass is 389 g/mol. The number of nitrogens with one attached hydrogen (secondary N) is 1. The van der Waals surface area contributed by atoms with Crippen molar-refractivity contribution in [2.24, 2.45) is 10.2 Å². The van der Waals surface area contributed by atoms with Gasteiger partial charge in [-0.05, 0) is 52.6 Å². The molecule has 5 nitrogen and oxygen atoms in total. The smallest absolute Gasteiger partial charge is 0.239 e. The number of methoxy groups -OCH3 is 1. The maximum absolute atomic E-state index is 12.4. The summed E-state index contributed by atoms with van der Waals surface area (Å²) in [7, 11) is 1.63. The highest BCUT2D eigenvalue weighted by Crippen LogP contribution is 2.27. The van der Waals surface area contributed by atoms with Crippen LogP contribution in [0, 0.1) is 0 Å². The first-order valence-corrected chi connectivity index (χ1v) is 9.80. The van der Waals surface area contributed by atoms with E-state index in [0.717, 1.165) is 16.9 Å². The van der Waals surface area contributed by atoms with Crippen molar-refractivity contribution in [3.63, 3.8) is 0 Å². The lowest BCUT2D eigenvalue weighted by atomic mass is 10.0. The molecule has 0 unspecified atom stereocenters. The van der Waals surface area contributed by atoms with E-state index in [1.54, 1.807) is 13.3 Å². The molecule has 1 saturated heterocycles. The van der Waals surface area contributed by atoms with E-state index < -0.39 is 0 Å². The number of carbonyl (C=O) groups excluding carboxylic acids is 1. The van der Waals surface area contributed by atoms with Gasteiger partial charge in [-0.25, -0.2) is 0 Å². The zero-order chi connectivity index (χ0) is 19.3. The molecule has 3 aromatic carbocycles. The highest BCUT2D eigenvalue weighted by atomic mass is 32.2. The lowest BCUT2D eigenvalue weighted by Gasteiger charge is -2.09. The summed E-state index contributed by atoms with van der Waals surface area (Å²) in [6.07, 6.45) is 2.30. The maximum Gasteiger partial charge on any atom is 0.239 e. The van der Waals surface area contributed by atoms with Gasteiger partial charge in [0.1, 0.15) is 5.75 Å². The van der Waals surface area contributed by atoms with Gasteiger partial charge in [-0.1, -0.05) is 54.2 Å². The van der Waals surface area contributed by atoms with Crippen molar-refractivity contribution in [1.29, 1.82) is 0 Å². The number of amidine groups is 1. The number of amides is 1. The number of hydrogen-bond donors (Lipinski definition) is 1. The fourth-order valence-corrected chi connectivity index (χ4v) is 4.05. The largest absolute Gasteiger partial charge is 0.497 e. The van der Waals surface area contributed by atoms with Crippen molar-refractivity contribution < 1.29 is 9.53 Å². The Morgan fingerprint density at radius 3 is 2.68 bits per heavy atom. The Morgan fingerprint density at radius 1 is 1.07 bits per heavy atom. The lowest BCUT2D eigenvalue weighted by Crippen LogP contribution is -2.26. The zero-order valence-corrected chi connectivity index (χ0v) is 16.1. The van der Waals surface area contributed by atoms with Gasteiger partial charge >= 0.3 is 0 Å². The van der Waals surface area contributed by atoms with Crippen molar-refractivity contribution in [1.82, 2.24) is 5.32 Å². The predicted octanol–water partition coefficient (Wildman–Crippen LogP) is 4.01. The summed E-state index contributed by atoms with van der Waals surface area (Å²) < 4.78 is 5.13. The lowest BCUT2D eigenvalue weighted by molar-refractivity contribution is -0.118. The van der Waals surface area contributed by atoms with E-state index in [1.165, 1.54) is 22.5 Å². The third-order valence-corrected chi connectivity index (χ3v) is 5.61. The van der Waals surface area contributed by atoms with E-state index in [1.807, 2.05) is 42.5 Å². The van der Waals surface area contributed by atoms with Crippen LogP contribution in [0.3, 0.4) is 0 Å². The minimum absolute atomic E-state index is 0.0312. The van der Waals surface area contributed by atoms with Gasteiger partial charge in [-0.2, -0.15) is 5.10 Å². The second-order valence-electron chi connectivity index (χ2n) is 6.36. The molecule has 28 heavy (non-hydrogen) atoms. The van der Waals surface area contributed by atoms with Crippen LogP contribution in [0.15, 0.2) is 76.9 Å². The minimum atomic E-state index is -0.208. The molecule has 1 N–H and O–H groups in total. The van der Waals surface area contributed by atoms with Crippen molar-refractivity contribution in [2.75, 3.05) is 7.11 Å². The van der Waals surface area contributed by atoms with Crippen molar-refractivity contribution in [3.8, 4) is 5.75 Å². The molecule has 1 aliphatic heterocycles. The molecular formula is C22H19N3O2S. The van der Waals surface area contributed by atoms with Crippen molar-refractivity contribution in [3.05, 3.63) is 77.9 Å². The van der Waals surface area contributed by atoms with Crippen molar-refractivity contribution in [2.45, 2.75) is 11.7 Å². The number of hydrogen-bond acceptors (Lipinski definition) is 5. The molecule has 1 fully saturated rings. The molecule has 1 heterocycles. The fourth-order valence-electron chi connectivity index (χ4n) is 3.09. The van der Waals surface area contributed by atoms with E-state index in [-0.39, 0.29) is 11.2 Å². The number of rotatable bonds is 5. The summed E-state index contributed by atoms with van der Waals surface area (Å²) in [5.74, 6) is 0.759. The molecule has 140 valence electrons. The Labute approximate surface area is 167 Å². The molecule has 6 heteroatoms. The van der Waals surface area contributed by atoms with Crippen LogP contribution in [0.4, 0.5) is 0 Å². The van der Waals surface area contributed by atoms with Gasteiger partial charge in [0.05, 0.1) is 18.6 Å². The minimum Gasteiger partial charge on any atom is -0.497 e. The number of carbonyl (C=O) groups is 1. The fraction of sp³-hybridized carbons (Fsp3) is 0.136. The molecule has 0 aliphatic carbocycles. The Balaban J connectivity index is 1.44. The van der Waals surface area contributed by atoms with Gasteiger partial charge in [-0.3, -0.25) is 4.79 Å². The van der Waals surface area contributed by atoms with Gasteiger partial charge in [0.25, 0.3) is 0 Å². The highest BCUT2D eigenvalue weighted by Gasteiger charge is 2.30. The average molecular weight is 389 g/mol. The molecular weight excluding hydrogens is 370 g/mol. The molecule has 0 saturated carbocycles. The third kappa shape index (κ3) is 4.07. The summed E-state index contributed by atoms with van der Waals surface area (Å²) in [6.45, 7) is 0. The summed E-state index contributed by atoms with van der Waals surface area (Å²) in [5, 5.41) is 13.7. The molecule has 1 aliphatic rings. The number of benzene rings is 3. The summed E-state index contributed by atoms with van der Waals surface area (Å²) in [5.41, 5.74) is 2.07. The van der Waals surface area contributed by atoms with E-state index in [0.29, 0.717) is 11.6 Å². The number of thioether (sulfide) groups is 1. The van der Waals surface area contributed by atoms with Gasteiger partial charge in [0.15, 0.2) is 5.17 Å². The Bertz CT molecular complexity index is 1060. The van der Waals surface area contributed by atoms with Crippen LogP contribution in [-0.2, 0) is 11.2 Å². The predicted molar refractivity (Wildman–Crippen MR) is 115 cm³/mol. The molecule has 4 rings (SSSR count). The molecule has 1 atom stereocenters. The first kappa shape index (κ1) is 18.3. The van der Waals surface area contributed by atoms with E-state index in [4.69, 9.17) is 4.74 Å². The van der Waals surface area contributed by atoms with Crippen molar-refractivity contribution >= 4 is 39.8 Å². The summed E-state index contributed by atoms with van der Waals surface area (Å²) in [6, 6.07) is 21.9. The normalized spacial score (nSPS) is 18.1. The van der Waals surface area contributed by atoms with Gasteiger partial charge < -0.3 is 10.1 Å². The van der Waals surface area contributed by atoms with Crippen LogP contribution in [0.25, 0.3) is 10.8 Å². The van der Waals surface area contributed by atoms with Crippen LogP contribution in [0.5, 0.6) is 5.75 Å². The molecule has 0 radical (unpaired) electrons. The van der Waals surface area contributed by atoms with E-state index >= 15 is 0 Å². The number of ether oxygens (including phenoxy) is 1. The molecule has 1 amide bonds. The Kier molecular flexibility index (Phi) is 5.39. The maximum atomic E-state index is 12.4.